The van der Waals surface area contributed by atoms with Crippen LogP contribution >= 0.6 is 23.2 Å². The van der Waals surface area contributed by atoms with Gasteiger partial charge in [-0.25, -0.2) is 4.39 Å². The van der Waals surface area contributed by atoms with Crippen LogP contribution < -0.4 is 5.32 Å². The number of hydrogen-bond donors (Lipinski definition) is 1. The molecule has 0 amide bonds. The molecule has 0 saturated carbocycles. The van der Waals surface area contributed by atoms with Crippen molar-refractivity contribution in [3.05, 3.63) is 34.6 Å². The monoisotopic (exact) mass is 277 g/mol. The van der Waals surface area contributed by atoms with E-state index in [-0.39, 0.29) is 16.2 Å². The van der Waals surface area contributed by atoms with E-state index in [0.717, 1.165) is 18.5 Å². The Bertz CT molecular complexity index is 355. The molecule has 0 bridgehead atoms. The summed E-state index contributed by atoms with van der Waals surface area (Å²) < 4.78 is 13.2. The molecule has 4 heteroatoms. The van der Waals surface area contributed by atoms with Gasteiger partial charge >= 0.3 is 0 Å². The van der Waals surface area contributed by atoms with E-state index in [9.17, 15) is 4.39 Å². The molecule has 0 spiro atoms. The Morgan fingerprint density at radius 1 is 1.35 bits per heavy atom. The zero-order valence-corrected chi connectivity index (χ0v) is 11.7. The molecule has 1 rings (SSSR count). The molecule has 1 unspecified atom stereocenters. The Hall–Kier alpha value is -0.310. The van der Waals surface area contributed by atoms with Crippen LogP contribution in [0.4, 0.5) is 4.39 Å². The molecule has 1 aromatic rings. The molecule has 0 radical (unpaired) electrons. The summed E-state index contributed by atoms with van der Waals surface area (Å²) in [6.45, 7) is 5.62. The van der Waals surface area contributed by atoms with Gasteiger partial charge in [-0.1, -0.05) is 31.5 Å². The topological polar surface area (TPSA) is 12.0 Å². The molecular weight excluding hydrogens is 260 g/mol. The predicted molar refractivity (Wildman–Crippen MR) is 72.2 cm³/mol. The third-order valence-electron chi connectivity index (χ3n) is 2.41. The molecule has 96 valence electrons. The number of alkyl halides is 1. The Labute approximate surface area is 112 Å². The number of benzene rings is 1. The Morgan fingerprint density at radius 2 is 2.06 bits per heavy atom. The SMILES string of the molecule is CC(C)CC(Cl)CNCc1ccc(Cl)c(F)c1. The largest absolute Gasteiger partial charge is 0.311 e. The number of halogens is 3. The van der Waals surface area contributed by atoms with E-state index in [1.165, 1.54) is 6.07 Å². The summed E-state index contributed by atoms with van der Waals surface area (Å²) in [5.74, 6) is 0.211. The Balaban J connectivity index is 2.33. The van der Waals surface area contributed by atoms with Crippen molar-refractivity contribution >= 4 is 23.2 Å². The van der Waals surface area contributed by atoms with Crippen LogP contribution in [0, 0.1) is 11.7 Å². The molecule has 1 N–H and O–H groups in total. The van der Waals surface area contributed by atoms with Crippen LogP contribution in [-0.4, -0.2) is 11.9 Å². The first-order valence-corrected chi connectivity index (χ1v) is 6.59. The highest BCUT2D eigenvalue weighted by Gasteiger charge is 2.07. The van der Waals surface area contributed by atoms with E-state index in [1.807, 2.05) is 6.07 Å². The molecule has 1 atom stereocenters. The lowest BCUT2D eigenvalue weighted by Crippen LogP contribution is -2.24. The summed E-state index contributed by atoms with van der Waals surface area (Å²) in [5.41, 5.74) is 0.875. The van der Waals surface area contributed by atoms with Gasteiger partial charge in [0, 0.05) is 18.5 Å². The molecule has 0 aliphatic carbocycles. The van der Waals surface area contributed by atoms with E-state index >= 15 is 0 Å². The molecule has 0 aliphatic heterocycles. The summed E-state index contributed by atoms with van der Waals surface area (Å²) in [4.78, 5) is 0. The van der Waals surface area contributed by atoms with E-state index < -0.39 is 0 Å². The van der Waals surface area contributed by atoms with Crippen LogP contribution in [-0.2, 0) is 6.54 Å². The van der Waals surface area contributed by atoms with Gasteiger partial charge in [-0.3, -0.25) is 0 Å². The van der Waals surface area contributed by atoms with Gasteiger partial charge in [-0.2, -0.15) is 0 Å². The third-order valence-corrected chi connectivity index (χ3v) is 3.05. The molecule has 0 saturated heterocycles. The summed E-state index contributed by atoms with van der Waals surface area (Å²) in [5, 5.41) is 3.49. The lowest BCUT2D eigenvalue weighted by Gasteiger charge is -2.13. The van der Waals surface area contributed by atoms with E-state index in [4.69, 9.17) is 23.2 Å². The van der Waals surface area contributed by atoms with Gasteiger partial charge in [0.1, 0.15) is 5.82 Å². The molecule has 0 aromatic heterocycles. The smallest absolute Gasteiger partial charge is 0.142 e. The average molecular weight is 278 g/mol. The van der Waals surface area contributed by atoms with Crippen LogP contribution in [0.3, 0.4) is 0 Å². The molecule has 0 fully saturated rings. The maximum absolute atomic E-state index is 13.2. The minimum Gasteiger partial charge on any atom is -0.311 e. The number of nitrogens with one attached hydrogen (secondary N) is 1. The number of rotatable bonds is 6. The second-order valence-corrected chi connectivity index (χ2v) is 5.63. The summed E-state index contributed by atoms with van der Waals surface area (Å²) >= 11 is 11.7. The minimum atomic E-state index is -0.379. The van der Waals surface area contributed by atoms with Gasteiger partial charge in [0.05, 0.1) is 5.02 Å². The van der Waals surface area contributed by atoms with Crippen LogP contribution in [0.5, 0.6) is 0 Å². The first-order chi connectivity index (χ1) is 7.99. The maximum atomic E-state index is 13.2. The Morgan fingerprint density at radius 3 is 2.65 bits per heavy atom. The number of hydrogen-bond acceptors (Lipinski definition) is 1. The van der Waals surface area contributed by atoms with Crippen molar-refractivity contribution in [1.29, 1.82) is 0 Å². The fraction of sp³-hybridized carbons (Fsp3) is 0.538. The van der Waals surface area contributed by atoms with Gasteiger partial charge < -0.3 is 5.32 Å². The highest BCUT2D eigenvalue weighted by Crippen LogP contribution is 2.15. The first kappa shape index (κ1) is 14.7. The maximum Gasteiger partial charge on any atom is 0.142 e. The quantitative estimate of drug-likeness (QED) is 0.768. The second kappa shape index (κ2) is 7.20. The van der Waals surface area contributed by atoms with Crippen molar-refractivity contribution in [1.82, 2.24) is 5.32 Å². The van der Waals surface area contributed by atoms with Crippen molar-refractivity contribution in [2.75, 3.05) is 6.54 Å². The van der Waals surface area contributed by atoms with Crippen molar-refractivity contribution < 1.29 is 4.39 Å². The summed E-state index contributed by atoms with van der Waals surface area (Å²) in [6, 6.07) is 4.82. The Kier molecular flexibility index (Phi) is 6.24. The van der Waals surface area contributed by atoms with E-state index in [0.29, 0.717) is 12.5 Å². The van der Waals surface area contributed by atoms with Gasteiger partial charge in [-0.15, -0.1) is 11.6 Å². The van der Waals surface area contributed by atoms with Gasteiger partial charge in [-0.05, 0) is 30.0 Å². The van der Waals surface area contributed by atoms with Gasteiger partial charge in [0.15, 0.2) is 0 Å². The zero-order valence-electron chi connectivity index (χ0n) is 10.1. The van der Waals surface area contributed by atoms with E-state index in [1.54, 1.807) is 6.07 Å². The average Bonchev–Trinajstić information content (AvgIpc) is 2.22. The zero-order chi connectivity index (χ0) is 12.8. The minimum absolute atomic E-state index is 0.118. The van der Waals surface area contributed by atoms with Crippen molar-refractivity contribution in [2.45, 2.75) is 32.2 Å². The summed E-state index contributed by atoms with van der Waals surface area (Å²) in [6.07, 6.45) is 0.976. The highest BCUT2D eigenvalue weighted by atomic mass is 35.5. The molecule has 17 heavy (non-hydrogen) atoms. The van der Waals surface area contributed by atoms with Crippen molar-refractivity contribution in [2.24, 2.45) is 5.92 Å². The van der Waals surface area contributed by atoms with Crippen molar-refractivity contribution in [3.8, 4) is 0 Å². The van der Waals surface area contributed by atoms with Crippen LogP contribution in [0.2, 0.25) is 5.02 Å². The molecule has 0 heterocycles. The van der Waals surface area contributed by atoms with E-state index in [2.05, 4.69) is 19.2 Å². The fourth-order valence-electron chi connectivity index (χ4n) is 1.62. The lowest BCUT2D eigenvalue weighted by atomic mass is 10.1. The summed E-state index contributed by atoms with van der Waals surface area (Å²) in [7, 11) is 0. The van der Waals surface area contributed by atoms with Gasteiger partial charge in [0.2, 0.25) is 0 Å². The van der Waals surface area contributed by atoms with Gasteiger partial charge in [0.25, 0.3) is 0 Å². The second-order valence-electron chi connectivity index (χ2n) is 4.61. The van der Waals surface area contributed by atoms with Crippen LogP contribution in [0.25, 0.3) is 0 Å². The normalized spacial score (nSPS) is 13.1. The molecule has 1 nitrogen and oxygen atoms in total. The third kappa shape index (κ3) is 5.71. The predicted octanol–water partition coefficient (Wildman–Crippen LogP) is 4.22. The molecular formula is C13H18Cl2FN. The fourth-order valence-corrected chi connectivity index (χ4v) is 2.20. The molecule has 1 aromatic carbocycles. The lowest BCUT2D eigenvalue weighted by molar-refractivity contribution is 0.533. The van der Waals surface area contributed by atoms with Crippen LogP contribution in [0.15, 0.2) is 18.2 Å². The first-order valence-electron chi connectivity index (χ1n) is 5.77. The van der Waals surface area contributed by atoms with Crippen LogP contribution in [0.1, 0.15) is 25.8 Å². The standard InChI is InChI=1S/C13H18Cl2FN/c1-9(2)5-11(14)8-17-7-10-3-4-12(15)13(16)6-10/h3-4,6,9,11,17H,5,7-8H2,1-2H3. The van der Waals surface area contributed by atoms with Crippen molar-refractivity contribution in [3.63, 3.8) is 0 Å². The highest BCUT2D eigenvalue weighted by molar-refractivity contribution is 6.30. The molecule has 0 aliphatic rings.